The standard InChI is InChI=1S/C25H22F2N2O4/c1-15-21(22-23(33-15)28-14-29(2)24(22)30)25(31)32-13-3-4-20(16-5-9-18(26)10-6-16)17-7-11-19(27)12-8-17/h5-12,14,20H,3-4,13H2,1-2H3. The molecule has 2 aromatic carbocycles. The topological polar surface area (TPSA) is 74.3 Å². The largest absolute Gasteiger partial charge is 0.462 e. The predicted molar refractivity (Wildman–Crippen MR) is 118 cm³/mol. The van der Waals surface area contributed by atoms with Crippen LogP contribution in [-0.4, -0.2) is 22.1 Å². The van der Waals surface area contributed by atoms with Gasteiger partial charge in [0, 0.05) is 13.0 Å². The average Bonchev–Trinajstić information content (AvgIpc) is 3.14. The van der Waals surface area contributed by atoms with E-state index in [1.165, 1.54) is 42.2 Å². The van der Waals surface area contributed by atoms with Crippen molar-refractivity contribution in [3.05, 3.63) is 99.3 Å². The Morgan fingerprint density at radius 3 is 2.21 bits per heavy atom. The van der Waals surface area contributed by atoms with Crippen LogP contribution >= 0.6 is 0 Å². The lowest BCUT2D eigenvalue weighted by molar-refractivity contribution is 0.0497. The van der Waals surface area contributed by atoms with E-state index in [9.17, 15) is 18.4 Å². The van der Waals surface area contributed by atoms with Gasteiger partial charge in [0.25, 0.3) is 5.56 Å². The number of ether oxygens (including phenoxy) is 1. The van der Waals surface area contributed by atoms with Crippen LogP contribution in [0.2, 0.25) is 0 Å². The number of rotatable bonds is 7. The molecule has 2 aromatic heterocycles. The number of esters is 1. The van der Waals surface area contributed by atoms with E-state index in [4.69, 9.17) is 9.15 Å². The SMILES string of the molecule is Cc1oc2ncn(C)c(=O)c2c1C(=O)OCCCC(c1ccc(F)cc1)c1ccc(F)cc1. The zero-order chi connectivity index (χ0) is 23.5. The number of fused-ring (bicyclic) bond motifs is 1. The van der Waals surface area contributed by atoms with Crippen LogP contribution in [0.3, 0.4) is 0 Å². The third-order valence-corrected chi connectivity index (χ3v) is 5.57. The molecule has 170 valence electrons. The summed E-state index contributed by atoms with van der Waals surface area (Å²) in [5.74, 6) is -1.20. The lowest BCUT2D eigenvalue weighted by atomic mass is 9.87. The number of hydrogen-bond donors (Lipinski definition) is 0. The first-order chi connectivity index (χ1) is 15.8. The van der Waals surface area contributed by atoms with E-state index in [-0.39, 0.29) is 46.6 Å². The van der Waals surface area contributed by atoms with Gasteiger partial charge < -0.3 is 13.7 Å². The summed E-state index contributed by atoms with van der Waals surface area (Å²) in [5, 5.41) is 0.0954. The van der Waals surface area contributed by atoms with Gasteiger partial charge in [-0.05, 0) is 55.2 Å². The van der Waals surface area contributed by atoms with Crippen LogP contribution in [0, 0.1) is 18.6 Å². The van der Waals surface area contributed by atoms with Crippen molar-refractivity contribution in [1.29, 1.82) is 0 Å². The summed E-state index contributed by atoms with van der Waals surface area (Å²) in [5.41, 5.74) is 1.53. The number of carbonyl (C=O) groups excluding carboxylic acids is 1. The summed E-state index contributed by atoms with van der Waals surface area (Å²) >= 11 is 0. The molecule has 0 unspecified atom stereocenters. The minimum atomic E-state index is -0.656. The molecule has 0 aliphatic rings. The number of nitrogens with zero attached hydrogens (tertiary/aromatic N) is 2. The molecule has 4 aromatic rings. The van der Waals surface area contributed by atoms with E-state index < -0.39 is 11.5 Å². The summed E-state index contributed by atoms with van der Waals surface area (Å²) in [6.07, 6.45) is 2.41. The molecule has 0 saturated heterocycles. The highest BCUT2D eigenvalue weighted by Crippen LogP contribution is 2.30. The van der Waals surface area contributed by atoms with Crippen LogP contribution in [0.25, 0.3) is 11.1 Å². The van der Waals surface area contributed by atoms with E-state index in [0.717, 1.165) is 11.1 Å². The number of furan rings is 1. The van der Waals surface area contributed by atoms with Crippen LogP contribution in [0.15, 0.2) is 64.1 Å². The summed E-state index contributed by atoms with van der Waals surface area (Å²) in [6, 6.07) is 12.3. The highest BCUT2D eigenvalue weighted by molar-refractivity contribution is 6.03. The Hall–Kier alpha value is -3.81. The van der Waals surface area contributed by atoms with Gasteiger partial charge in [0.2, 0.25) is 5.71 Å². The highest BCUT2D eigenvalue weighted by atomic mass is 19.1. The molecular weight excluding hydrogens is 430 g/mol. The fourth-order valence-corrected chi connectivity index (χ4v) is 3.87. The van der Waals surface area contributed by atoms with Gasteiger partial charge in [0.05, 0.1) is 6.61 Å². The molecule has 0 amide bonds. The normalized spacial score (nSPS) is 11.3. The van der Waals surface area contributed by atoms with Crippen molar-refractivity contribution in [3.8, 4) is 0 Å². The van der Waals surface area contributed by atoms with E-state index in [0.29, 0.717) is 12.8 Å². The second-order valence-corrected chi connectivity index (χ2v) is 7.81. The molecule has 0 saturated carbocycles. The lowest BCUT2D eigenvalue weighted by Crippen LogP contribution is -2.19. The Bertz CT molecular complexity index is 1300. The van der Waals surface area contributed by atoms with Gasteiger partial charge in [0.1, 0.15) is 34.7 Å². The van der Waals surface area contributed by atoms with Crippen molar-refractivity contribution >= 4 is 17.1 Å². The van der Waals surface area contributed by atoms with Gasteiger partial charge in [-0.2, -0.15) is 0 Å². The van der Waals surface area contributed by atoms with Crippen molar-refractivity contribution < 1.29 is 22.7 Å². The summed E-state index contributed by atoms with van der Waals surface area (Å²) in [6.45, 7) is 1.68. The quantitative estimate of drug-likeness (QED) is 0.295. The van der Waals surface area contributed by atoms with Gasteiger partial charge in [-0.25, -0.2) is 18.6 Å². The zero-order valence-corrected chi connectivity index (χ0v) is 18.2. The number of aromatic nitrogens is 2. The molecule has 0 radical (unpaired) electrons. The number of carbonyl (C=O) groups is 1. The van der Waals surface area contributed by atoms with E-state index >= 15 is 0 Å². The Morgan fingerprint density at radius 2 is 1.64 bits per heavy atom. The first kappa shape index (κ1) is 22.4. The monoisotopic (exact) mass is 452 g/mol. The molecular formula is C25H22F2N2O4. The fourth-order valence-electron chi connectivity index (χ4n) is 3.87. The van der Waals surface area contributed by atoms with Crippen molar-refractivity contribution in [3.63, 3.8) is 0 Å². The molecule has 0 N–H and O–H groups in total. The van der Waals surface area contributed by atoms with Gasteiger partial charge in [0.15, 0.2) is 0 Å². The maximum Gasteiger partial charge on any atom is 0.342 e. The van der Waals surface area contributed by atoms with Crippen molar-refractivity contribution in [2.24, 2.45) is 7.05 Å². The third-order valence-electron chi connectivity index (χ3n) is 5.57. The van der Waals surface area contributed by atoms with Crippen LogP contribution in [-0.2, 0) is 11.8 Å². The number of benzene rings is 2. The van der Waals surface area contributed by atoms with E-state index in [2.05, 4.69) is 4.98 Å². The first-order valence-electron chi connectivity index (χ1n) is 10.5. The van der Waals surface area contributed by atoms with Crippen LogP contribution in [0.5, 0.6) is 0 Å². The maximum atomic E-state index is 13.4. The first-order valence-corrected chi connectivity index (χ1v) is 10.5. The molecule has 2 heterocycles. The van der Waals surface area contributed by atoms with Crippen LogP contribution in [0.1, 0.15) is 46.0 Å². The molecule has 4 rings (SSSR count). The van der Waals surface area contributed by atoms with Gasteiger partial charge >= 0.3 is 5.97 Å². The van der Waals surface area contributed by atoms with Gasteiger partial charge in [-0.1, -0.05) is 24.3 Å². The van der Waals surface area contributed by atoms with Gasteiger partial charge in [-0.3, -0.25) is 4.79 Å². The Kier molecular flexibility index (Phi) is 6.35. The molecule has 0 fully saturated rings. The zero-order valence-electron chi connectivity index (χ0n) is 18.2. The van der Waals surface area contributed by atoms with Crippen molar-refractivity contribution in [1.82, 2.24) is 9.55 Å². The third kappa shape index (κ3) is 4.69. The van der Waals surface area contributed by atoms with Crippen LogP contribution < -0.4 is 5.56 Å². The second kappa shape index (κ2) is 9.36. The molecule has 6 nitrogen and oxygen atoms in total. The molecule has 0 aliphatic carbocycles. The predicted octanol–water partition coefficient (Wildman–Crippen LogP) is 4.88. The van der Waals surface area contributed by atoms with E-state index in [1.54, 1.807) is 31.2 Å². The molecule has 8 heteroatoms. The fraction of sp³-hybridized carbons (Fsp3) is 0.240. The highest BCUT2D eigenvalue weighted by Gasteiger charge is 2.24. The number of aryl methyl sites for hydroxylation is 2. The summed E-state index contributed by atoms with van der Waals surface area (Å²) in [4.78, 5) is 29.2. The molecule has 0 bridgehead atoms. The van der Waals surface area contributed by atoms with Gasteiger partial charge in [-0.15, -0.1) is 0 Å². The Balaban J connectivity index is 1.47. The van der Waals surface area contributed by atoms with E-state index in [1.807, 2.05) is 0 Å². The maximum absolute atomic E-state index is 13.4. The molecule has 0 aliphatic heterocycles. The minimum absolute atomic E-state index is 0.0762. The smallest absolute Gasteiger partial charge is 0.342 e. The number of hydrogen-bond acceptors (Lipinski definition) is 5. The minimum Gasteiger partial charge on any atom is -0.462 e. The summed E-state index contributed by atoms with van der Waals surface area (Å²) in [7, 11) is 1.54. The second-order valence-electron chi connectivity index (χ2n) is 7.81. The summed E-state index contributed by atoms with van der Waals surface area (Å²) < 4.78 is 38.9. The van der Waals surface area contributed by atoms with Crippen molar-refractivity contribution in [2.45, 2.75) is 25.7 Å². The molecule has 0 spiro atoms. The molecule has 33 heavy (non-hydrogen) atoms. The van der Waals surface area contributed by atoms with Crippen LogP contribution in [0.4, 0.5) is 8.78 Å². The Labute approximate surface area is 188 Å². The van der Waals surface area contributed by atoms with Crippen molar-refractivity contribution in [2.75, 3.05) is 6.61 Å². The molecule has 0 atom stereocenters. The average molecular weight is 452 g/mol. The lowest BCUT2D eigenvalue weighted by Gasteiger charge is -2.18. The Morgan fingerprint density at radius 1 is 1.06 bits per heavy atom. The number of halogens is 2.